The summed E-state index contributed by atoms with van der Waals surface area (Å²) in [6.07, 6.45) is 10.3. The molecule has 1 fully saturated rings. The average Bonchev–Trinajstić information content (AvgIpc) is 2.29. The molecule has 17 heavy (non-hydrogen) atoms. The Hall–Kier alpha value is 0.180. The predicted octanol–water partition coefficient (Wildman–Crippen LogP) is 5.27. The molecule has 0 bridgehead atoms. The maximum absolute atomic E-state index is 2.44. The van der Waals surface area contributed by atoms with Gasteiger partial charge in [-0.25, -0.2) is 0 Å². The van der Waals surface area contributed by atoms with E-state index in [9.17, 15) is 0 Å². The Balaban J connectivity index is 2.07. The molecule has 0 unspecified atom stereocenters. The molecule has 1 saturated heterocycles. The molecule has 2 aliphatic rings. The van der Waals surface area contributed by atoms with Gasteiger partial charge in [0.15, 0.2) is 0 Å². The number of thioether (sulfide) groups is 2. The molecule has 0 aromatic rings. The molecule has 0 saturated carbocycles. The fraction of sp³-hybridized carbons (Fsp3) is 0.733. The molecule has 1 aliphatic heterocycles. The Kier molecular flexibility index (Phi) is 4.71. The van der Waals surface area contributed by atoms with E-state index in [4.69, 9.17) is 0 Å². The van der Waals surface area contributed by atoms with Gasteiger partial charge in [-0.1, -0.05) is 31.6 Å². The van der Waals surface area contributed by atoms with Crippen LogP contribution in [0.2, 0.25) is 0 Å². The van der Waals surface area contributed by atoms with Gasteiger partial charge in [0.2, 0.25) is 0 Å². The summed E-state index contributed by atoms with van der Waals surface area (Å²) < 4.78 is 0.696. The maximum Gasteiger partial charge on any atom is 0.0685 e. The van der Waals surface area contributed by atoms with Crippen LogP contribution in [0.15, 0.2) is 23.3 Å². The Morgan fingerprint density at radius 2 is 1.88 bits per heavy atom. The van der Waals surface area contributed by atoms with Gasteiger partial charge in [0, 0.05) is 0 Å². The minimum absolute atomic E-state index is 0.392. The van der Waals surface area contributed by atoms with Gasteiger partial charge in [0.05, 0.1) is 4.58 Å². The monoisotopic (exact) mass is 268 g/mol. The van der Waals surface area contributed by atoms with Crippen molar-refractivity contribution >= 4 is 23.5 Å². The van der Waals surface area contributed by atoms with Crippen molar-refractivity contribution in [3.05, 3.63) is 23.3 Å². The highest BCUT2D eigenvalue weighted by Crippen LogP contribution is 2.41. The minimum atomic E-state index is 0.392. The second-order valence-electron chi connectivity index (χ2n) is 5.75. The first-order valence-corrected chi connectivity index (χ1v) is 8.81. The lowest BCUT2D eigenvalue weighted by Crippen LogP contribution is -2.19. The molecular formula is C15H24S2. The lowest BCUT2D eigenvalue weighted by atomic mass is 9.73. The van der Waals surface area contributed by atoms with Crippen LogP contribution in [0, 0.1) is 5.41 Å². The van der Waals surface area contributed by atoms with E-state index in [2.05, 4.69) is 56.4 Å². The highest BCUT2D eigenvalue weighted by molar-refractivity contribution is 8.17. The number of allylic oxidation sites excluding steroid dienone is 3. The lowest BCUT2D eigenvalue weighted by Gasteiger charge is -2.33. The van der Waals surface area contributed by atoms with E-state index in [1.807, 2.05) is 0 Å². The fourth-order valence-electron chi connectivity index (χ4n) is 2.80. The molecule has 2 rings (SSSR count). The third-order valence-corrected chi connectivity index (χ3v) is 6.65. The molecule has 0 radical (unpaired) electrons. The molecule has 0 spiro atoms. The van der Waals surface area contributed by atoms with Gasteiger partial charge in [-0.05, 0) is 55.1 Å². The van der Waals surface area contributed by atoms with E-state index in [-0.39, 0.29) is 0 Å². The normalized spacial score (nSPS) is 26.8. The zero-order chi connectivity index (χ0) is 12.3. The first kappa shape index (κ1) is 13.6. The summed E-state index contributed by atoms with van der Waals surface area (Å²) in [5.41, 5.74) is 3.61. The molecule has 0 atom stereocenters. The molecule has 0 aromatic carbocycles. The summed E-state index contributed by atoms with van der Waals surface area (Å²) in [6, 6.07) is 0. The van der Waals surface area contributed by atoms with Gasteiger partial charge in [0.25, 0.3) is 0 Å². The molecule has 0 nitrogen and oxygen atoms in total. The van der Waals surface area contributed by atoms with Crippen LogP contribution in [-0.4, -0.2) is 16.1 Å². The molecule has 96 valence electrons. The molecule has 1 heterocycles. The summed E-state index contributed by atoms with van der Waals surface area (Å²) in [7, 11) is 0. The third kappa shape index (κ3) is 3.57. The summed E-state index contributed by atoms with van der Waals surface area (Å²) in [5, 5.41) is 0. The Bertz CT molecular complexity index is 320. The van der Waals surface area contributed by atoms with Crippen LogP contribution in [-0.2, 0) is 0 Å². The number of hydrogen-bond acceptors (Lipinski definition) is 2. The van der Waals surface area contributed by atoms with Gasteiger partial charge in [-0.2, -0.15) is 0 Å². The van der Waals surface area contributed by atoms with Crippen molar-refractivity contribution in [2.24, 2.45) is 5.41 Å². The third-order valence-electron chi connectivity index (χ3n) is 3.82. The fourth-order valence-corrected chi connectivity index (χ4v) is 5.41. The van der Waals surface area contributed by atoms with E-state index in [0.29, 0.717) is 10.00 Å². The Morgan fingerprint density at radius 1 is 1.18 bits per heavy atom. The van der Waals surface area contributed by atoms with Crippen LogP contribution in [0.25, 0.3) is 0 Å². The highest BCUT2D eigenvalue weighted by atomic mass is 32.2. The quantitative estimate of drug-likeness (QED) is 0.669. The second kappa shape index (κ2) is 5.88. The number of hydrogen-bond donors (Lipinski definition) is 0. The topological polar surface area (TPSA) is 0 Å². The average molecular weight is 268 g/mol. The van der Waals surface area contributed by atoms with E-state index in [1.165, 1.54) is 37.2 Å². The Labute approximate surface area is 115 Å². The molecular weight excluding hydrogens is 244 g/mol. The molecule has 0 N–H and O–H groups in total. The minimum Gasteiger partial charge on any atom is -0.143 e. The van der Waals surface area contributed by atoms with Gasteiger partial charge in [-0.15, -0.1) is 23.5 Å². The van der Waals surface area contributed by atoms with Crippen LogP contribution < -0.4 is 0 Å². The van der Waals surface area contributed by atoms with Crippen LogP contribution in [0.1, 0.15) is 46.5 Å². The van der Waals surface area contributed by atoms with Gasteiger partial charge >= 0.3 is 0 Å². The standard InChI is InChI=1S/C15H24S2/c1-12-6-4-9-15(2,3)13(12)7-8-14-16-10-5-11-17-14/h7-8,14H,4-6,9-11H2,1-3H3/b8-7+. The number of rotatable bonds is 2. The summed E-state index contributed by atoms with van der Waals surface area (Å²) in [6.45, 7) is 7.12. The van der Waals surface area contributed by atoms with Crippen molar-refractivity contribution in [1.29, 1.82) is 0 Å². The zero-order valence-corrected chi connectivity index (χ0v) is 12.9. The molecule has 1 aliphatic carbocycles. The summed E-state index contributed by atoms with van der Waals surface area (Å²) >= 11 is 4.21. The van der Waals surface area contributed by atoms with Crippen LogP contribution >= 0.6 is 23.5 Å². The molecule has 0 aromatic heterocycles. The van der Waals surface area contributed by atoms with Crippen LogP contribution in [0.5, 0.6) is 0 Å². The van der Waals surface area contributed by atoms with Crippen molar-refractivity contribution in [2.45, 2.75) is 51.0 Å². The van der Waals surface area contributed by atoms with Crippen LogP contribution in [0.4, 0.5) is 0 Å². The lowest BCUT2D eigenvalue weighted by molar-refractivity contribution is 0.376. The smallest absolute Gasteiger partial charge is 0.0685 e. The maximum atomic E-state index is 2.44. The first-order valence-electron chi connectivity index (χ1n) is 6.71. The first-order chi connectivity index (χ1) is 8.09. The molecule has 0 amide bonds. The van der Waals surface area contributed by atoms with Crippen molar-refractivity contribution in [2.75, 3.05) is 11.5 Å². The highest BCUT2D eigenvalue weighted by Gasteiger charge is 2.26. The van der Waals surface area contributed by atoms with Crippen molar-refractivity contribution in [1.82, 2.24) is 0 Å². The summed E-state index contributed by atoms with van der Waals surface area (Å²) in [5.74, 6) is 2.67. The van der Waals surface area contributed by atoms with E-state index < -0.39 is 0 Å². The van der Waals surface area contributed by atoms with E-state index in [1.54, 1.807) is 11.1 Å². The largest absolute Gasteiger partial charge is 0.143 e. The van der Waals surface area contributed by atoms with Crippen molar-refractivity contribution in [3.8, 4) is 0 Å². The zero-order valence-electron chi connectivity index (χ0n) is 11.3. The van der Waals surface area contributed by atoms with E-state index in [0.717, 1.165) is 0 Å². The van der Waals surface area contributed by atoms with Crippen LogP contribution in [0.3, 0.4) is 0 Å². The van der Waals surface area contributed by atoms with Gasteiger partial charge in [0.1, 0.15) is 0 Å². The van der Waals surface area contributed by atoms with Crippen molar-refractivity contribution < 1.29 is 0 Å². The van der Waals surface area contributed by atoms with Gasteiger partial charge in [-0.3, -0.25) is 0 Å². The predicted molar refractivity (Wildman–Crippen MR) is 82.8 cm³/mol. The second-order valence-corrected chi connectivity index (χ2v) is 8.55. The van der Waals surface area contributed by atoms with E-state index >= 15 is 0 Å². The Morgan fingerprint density at radius 3 is 2.53 bits per heavy atom. The summed E-state index contributed by atoms with van der Waals surface area (Å²) in [4.78, 5) is 0. The van der Waals surface area contributed by atoms with Gasteiger partial charge < -0.3 is 0 Å². The van der Waals surface area contributed by atoms with Crippen molar-refractivity contribution in [3.63, 3.8) is 0 Å². The molecule has 2 heteroatoms. The SMILES string of the molecule is CC1=C(/C=C/C2SCCCS2)C(C)(C)CCC1.